The van der Waals surface area contributed by atoms with E-state index in [4.69, 9.17) is 18.9 Å². The Hall–Kier alpha value is -1.51. The van der Waals surface area contributed by atoms with Crippen molar-refractivity contribution < 1.29 is 34.0 Å². The molecule has 0 aromatic heterocycles. The molecule has 0 aliphatic carbocycles. The summed E-state index contributed by atoms with van der Waals surface area (Å²) < 4.78 is 22.7. The number of aliphatic hydroxyl groups excluding tert-OH is 2. The number of hydrogen-bond donors (Lipinski definition) is 2. The van der Waals surface area contributed by atoms with E-state index in [0.717, 1.165) is 5.56 Å². The van der Waals surface area contributed by atoms with Crippen molar-refractivity contribution in [1.29, 1.82) is 0 Å². The van der Waals surface area contributed by atoms with Gasteiger partial charge in [-0.1, -0.05) is 30.3 Å². The third kappa shape index (κ3) is 4.81. The average molecular weight is 366 g/mol. The summed E-state index contributed by atoms with van der Waals surface area (Å²) >= 11 is 0. The summed E-state index contributed by atoms with van der Waals surface area (Å²) in [6.45, 7) is 2.13. The zero-order valence-corrected chi connectivity index (χ0v) is 14.8. The van der Waals surface area contributed by atoms with Crippen molar-refractivity contribution >= 4 is 5.97 Å². The van der Waals surface area contributed by atoms with Gasteiger partial charge in [0, 0.05) is 6.42 Å². The topological polar surface area (TPSA) is 94.5 Å². The van der Waals surface area contributed by atoms with Crippen LogP contribution in [0.4, 0.5) is 0 Å². The minimum atomic E-state index is -0.791. The summed E-state index contributed by atoms with van der Waals surface area (Å²) in [4.78, 5) is 12.1. The van der Waals surface area contributed by atoms with E-state index in [1.165, 1.54) is 0 Å². The van der Waals surface area contributed by atoms with Crippen LogP contribution in [0.25, 0.3) is 0 Å². The maximum Gasteiger partial charge on any atom is 0.306 e. The first-order chi connectivity index (χ1) is 12.5. The summed E-state index contributed by atoms with van der Waals surface area (Å²) in [5, 5.41) is 19.3. The second-order valence-electron chi connectivity index (χ2n) is 6.83. The number of benzene rings is 1. The van der Waals surface area contributed by atoms with Crippen molar-refractivity contribution in [2.75, 3.05) is 6.61 Å². The molecule has 7 heteroatoms. The zero-order valence-electron chi connectivity index (χ0n) is 14.8. The molecule has 2 fully saturated rings. The number of aliphatic hydroxyl groups is 2. The number of ether oxygens (including phenoxy) is 4. The van der Waals surface area contributed by atoms with Crippen LogP contribution in [0, 0.1) is 0 Å². The van der Waals surface area contributed by atoms with Crippen molar-refractivity contribution in [2.45, 2.75) is 69.6 Å². The van der Waals surface area contributed by atoms with Crippen LogP contribution in [-0.4, -0.2) is 59.6 Å². The lowest BCUT2D eigenvalue weighted by Crippen LogP contribution is -2.38. The predicted octanol–water partition coefficient (Wildman–Crippen LogP) is 1.15. The Balaban J connectivity index is 1.58. The Morgan fingerprint density at radius 2 is 2.08 bits per heavy atom. The third-order valence-electron chi connectivity index (χ3n) is 4.57. The minimum absolute atomic E-state index is 0.150. The summed E-state index contributed by atoms with van der Waals surface area (Å²) in [6, 6.07) is 9.60. The van der Waals surface area contributed by atoms with E-state index in [1.54, 1.807) is 6.92 Å². The first-order valence-corrected chi connectivity index (χ1v) is 9.03. The highest BCUT2D eigenvalue weighted by Gasteiger charge is 2.54. The predicted molar refractivity (Wildman–Crippen MR) is 91.1 cm³/mol. The second kappa shape index (κ2) is 8.92. The number of carbonyl (C=O) groups excluding carboxylic acids is 1. The van der Waals surface area contributed by atoms with Crippen LogP contribution in [0.2, 0.25) is 0 Å². The Labute approximate surface area is 152 Å². The molecule has 0 spiro atoms. The first-order valence-electron chi connectivity index (χ1n) is 9.03. The molecule has 1 aromatic rings. The quantitative estimate of drug-likeness (QED) is 0.667. The Morgan fingerprint density at radius 3 is 2.81 bits per heavy atom. The van der Waals surface area contributed by atoms with E-state index in [2.05, 4.69) is 0 Å². The second-order valence-corrected chi connectivity index (χ2v) is 6.83. The van der Waals surface area contributed by atoms with Gasteiger partial charge < -0.3 is 29.2 Å². The SMILES string of the molecule is CC(O)CCCC(=O)O[C@H]1[C@@H](OCc2ccccc2)O[C@H]2[C@@H]1OC[C@H]2O. The Bertz CT molecular complexity index is 577. The maximum absolute atomic E-state index is 12.1. The Kier molecular flexibility index (Phi) is 6.61. The lowest BCUT2D eigenvalue weighted by Gasteiger charge is -2.22. The highest BCUT2D eigenvalue weighted by Crippen LogP contribution is 2.34. The standard InChI is InChI=1S/C19H26O7/c1-12(20)6-5-9-15(22)25-18-17-16(14(21)11-23-17)26-19(18)24-10-13-7-3-2-4-8-13/h2-4,7-8,12,14,16-21H,5-6,9-11H2,1H3/t12?,14-,16-,17+,18-,19+/m1/s1. The minimum Gasteiger partial charge on any atom is -0.454 e. The van der Waals surface area contributed by atoms with Gasteiger partial charge in [-0.05, 0) is 25.3 Å². The fourth-order valence-electron chi connectivity index (χ4n) is 3.22. The molecular formula is C19H26O7. The monoisotopic (exact) mass is 366 g/mol. The number of hydrogen-bond acceptors (Lipinski definition) is 7. The number of carbonyl (C=O) groups is 1. The fraction of sp³-hybridized carbons (Fsp3) is 0.632. The van der Waals surface area contributed by atoms with Gasteiger partial charge in [-0.2, -0.15) is 0 Å². The van der Waals surface area contributed by atoms with Gasteiger partial charge in [-0.15, -0.1) is 0 Å². The average Bonchev–Trinajstić information content (AvgIpc) is 3.14. The van der Waals surface area contributed by atoms with E-state index >= 15 is 0 Å². The first kappa shape index (κ1) is 19.3. The lowest BCUT2D eigenvalue weighted by molar-refractivity contribution is -0.202. The number of esters is 1. The van der Waals surface area contributed by atoms with Crippen LogP contribution in [0.1, 0.15) is 31.7 Å². The summed E-state index contributed by atoms with van der Waals surface area (Å²) in [5.41, 5.74) is 0.969. The number of rotatable bonds is 8. The van der Waals surface area contributed by atoms with Crippen LogP contribution < -0.4 is 0 Å². The smallest absolute Gasteiger partial charge is 0.306 e. The molecule has 3 rings (SSSR count). The van der Waals surface area contributed by atoms with E-state index < -0.39 is 42.8 Å². The van der Waals surface area contributed by atoms with Crippen molar-refractivity contribution in [3.63, 3.8) is 0 Å². The molecule has 2 aliphatic heterocycles. The van der Waals surface area contributed by atoms with E-state index in [0.29, 0.717) is 19.4 Å². The normalized spacial score (nSPS) is 31.6. The van der Waals surface area contributed by atoms with E-state index in [-0.39, 0.29) is 13.0 Å². The van der Waals surface area contributed by atoms with Gasteiger partial charge in [0.2, 0.25) is 0 Å². The molecule has 0 bridgehead atoms. The van der Waals surface area contributed by atoms with Crippen LogP contribution >= 0.6 is 0 Å². The van der Waals surface area contributed by atoms with Crippen LogP contribution in [0.3, 0.4) is 0 Å². The summed E-state index contributed by atoms with van der Waals surface area (Å²) in [7, 11) is 0. The van der Waals surface area contributed by atoms with Crippen molar-refractivity contribution in [3.05, 3.63) is 35.9 Å². The molecule has 2 N–H and O–H groups in total. The van der Waals surface area contributed by atoms with Gasteiger partial charge >= 0.3 is 5.97 Å². The molecule has 0 amide bonds. The van der Waals surface area contributed by atoms with Gasteiger partial charge in [0.15, 0.2) is 12.4 Å². The summed E-state index contributed by atoms with van der Waals surface area (Å²) in [6.07, 6.45) is -2.55. The highest BCUT2D eigenvalue weighted by atomic mass is 16.7. The Morgan fingerprint density at radius 1 is 1.31 bits per heavy atom. The zero-order chi connectivity index (χ0) is 18.5. The molecule has 1 unspecified atom stereocenters. The molecule has 6 atom stereocenters. The molecule has 0 saturated carbocycles. The van der Waals surface area contributed by atoms with Gasteiger partial charge in [0.25, 0.3) is 0 Å². The van der Waals surface area contributed by atoms with Gasteiger partial charge in [0.1, 0.15) is 18.3 Å². The lowest BCUT2D eigenvalue weighted by atomic mass is 10.1. The van der Waals surface area contributed by atoms with Crippen molar-refractivity contribution in [3.8, 4) is 0 Å². The molecule has 0 radical (unpaired) electrons. The maximum atomic E-state index is 12.1. The highest BCUT2D eigenvalue weighted by molar-refractivity contribution is 5.69. The van der Waals surface area contributed by atoms with E-state index in [1.807, 2.05) is 30.3 Å². The molecule has 1 aromatic carbocycles. The molecule has 26 heavy (non-hydrogen) atoms. The van der Waals surface area contributed by atoms with Crippen molar-refractivity contribution in [1.82, 2.24) is 0 Å². The third-order valence-corrected chi connectivity index (χ3v) is 4.57. The molecular weight excluding hydrogens is 340 g/mol. The largest absolute Gasteiger partial charge is 0.454 e. The molecule has 2 saturated heterocycles. The summed E-state index contributed by atoms with van der Waals surface area (Å²) in [5.74, 6) is -0.391. The molecule has 2 aliphatic rings. The van der Waals surface area contributed by atoms with E-state index in [9.17, 15) is 15.0 Å². The fourth-order valence-corrected chi connectivity index (χ4v) is 3.22. The van der Waals surface area contributed by atoms with Crippen LogP contribution in [0.15, 0.2) is 30.3 Å². The number of fused-ring (bicyclic) bond motifs is 1. The van der Waals surface area contributed by atoms with Gasteiger partial charge in [-0.3, -0.25) is 4.79 Å². The van der Waals surface area contributed by atoms with Gasteiger partial charge in [0.05, 0.1) is 19.3 Å². The van der Waals surface area contributed by atoms with Crippen LogP contribution in [0.5, 0.6) is 0 Å². The van der Waals surface area contributed by atoms with Crippen LogP contribution in [-0.2, 0) is 30.3 Å². The van der Waals surface area contributed by atoms with Gasteiger partial charge in [-0.25, -0.2) is 0 Å². The molecule has 2 heterocycles. The molecule has 7 nitrogen and oxygen atoms in total. The van der Waals surface area contributed by atoms with Crippen molar-refractivity contribution in [2.24, 2.45) is 0 Å². The molecule has 144 valence electrons.